The van der Waals surface area contributed by atoms with E-state index in [1.165, 1.54) is 0 Å². The second kappa shape index (κ2) is 9.73. The van der Waals surface area contributed by atoms with E-state index in [1.807, 2.05) is 24.3 Å². The minimum Gasteiger partial charge on any atom is -0.497 e. The molecule has 0 aromatic heterocycles. The highest BCUT2D eigenvalue weighted by molar-refractivity contribution is 5.30. The molecule has 0 spiro atoms. The maximum atomic E-state index is 6.35. The number of nitrogens with zero attached hydrogens (tertiary/aromatic N) is 1. The van der Waals surface area contributed by atoms with E-state index in [0.29, 0.717) is 19.3 Å². The third kappa shape index (κ3) is 6.01. The van der Waals surface area contributed by atoms with Gasteiger partial charge in [0.1, 0.15) is 5.75 Å². The van der Waals surface area contributed by atoms with Crippen molar-refractivity contribution >= 4 is 0 Å². The molecule has 0 bridgehead atoms. The Morgan fingerprint density at radius 3 is 2.57 bits per heavy atom. The predicted molar refractivity (Wildman–Crippen MR) is 84.7 cm³/mol. The van der Waals surface area contributed by atoms with Crippen LogP contribution in [-0.4, -0.2) is 58.6 Å². The van der Waals surface area contributed by atoms with E-state index in [4.69, 9.17) is 19.9 Å². The van der Waals surface area contributed by atoms with E-state index in [9.17, 15) is 0 Å². The monoisotopic (exact) mass is 296 g/mol. The minimum atomic E-state index is -0.0729. The third-order valence-electron chi connectivity index (χ3n) is 3.57. The van der Waals surface area contributed by atoms with Crippen LogP contribution in [-0.2, 0) is 9.47 Å². The summed E-state index contributed by atoms with van der Waals surface area (Å²) >= 11 is 0. The molecule has 0 aliphatic heterocycles. The predicted octanol–water partition coefficient (Wildman–Crippen LogP) is 1.68. The molecule has 0 fully saturated rings. The maximum absolute atomic E-state index is 6.35. The topological polar surface area (TPSA) is 57.0 Å². The van der Waals surface area contributed by atoms with E-state index in [1.54, 1.807) is 21.3 Å². The Morgan fingerprint density at radius 1 is 1.19 bits per heavy atom. The lowest BCUT2D eigenvalue weighted by atomic mass is 10.1. The standard InChI is InChI=1S/C16H28N2O3/c1-13(12-20-3)18(8-9-19-2)11-16(17)14-6-5-7-15(10-14)21-4/h5-7,10,13,16H,8-9,11-12,17H2,1-4H3. The van der Waals surface area contributed by atoms with Crippen molar-refractivity contribution in [3.63, 3.8) is 0 Å². The lowest BCUT2D eigenvalue weighted by Gasteiger charge is -2.31. The molecule has 0 saturated carbocycles. The molecule has 1 rings (SSSR count). The summed E-state index contributed by atoms with van der Waals surface area (Å²) in [5, 5.41) is 0. The molecule has 0 heterocycles. The molecular formula is C16H28N2O3. The van der Waals surface area contributed by atoms with Gasteiger partial charge in [-0.3, -0.25) is 4.90 Å². The summed E-state index contributed by atoms with van der Waals surface area (Å²) in [6, 6.07) is 8.12. The molecule has 5 nitrogen and oxygen atoms in total. The van der Waals surface area contributed by atoms with Crippen molar-refractivity contribution in [1.82, 2.24) is 4.90 Å². The zero-order valence-corrected chi connectivity index (χ0v) is 13.5. The molecule has 0 amide bonds. The van der Waals surface area contributed by atoms with Crippen molar-refractivity contribution in [3.8, 4) is 5.75 Å². The van der Waals surface area contributed by atoms with Crippen LogP contribution in [0.2, 0.25) is 0 Å². The Morgan fingerprint density at radius 2 is 1.95 bits per heavy atom. The van der Waals surface area contributed by atoms with E-state index < -0.39 is 0 Å². The van der Waals surface area contributed by atoms with Crippen molar-refractivity contribution in [2.24, 2.45) is 5.73 Å². The molecule has 2 atom stereocenters. The van der Waals surface area contributed by atoms with Crippen LogP contribution in [0.1, 0.15) is 18.5 Å². The first-order valence-corrected chi connectivity index (χ1v) is 7.23. The highest BCUT2D eigenvalue weighted by Gasteiger charge is 2.18. The van der Waals surface area contributed by atoms with E-state index in [-0.39, 0.29) is 6.04 Å². The summed E-state index contributed by atoms with van der Waals surface area (Å²) in [6.45, 7) is 5.07. The number of hydrogen-bond donors (Lipinski definition) is 1. The van der Waals surface area contributed by atoms with E-state index in [2.05, 4.69) is 11.8 Å². The van der Waals surface area contributed by atoms with E-state index in [0.717, 1.165) is 24.4 Å². The molecule has 120 valence electrons. The molecule has 1 aromatic rings. The van der Waals surface area contributed by atoms with Crippen molar-refractivity contribution in [2.75, 3.05) is 47.6 Å². The van der Waals surface area contributed by atoms with Gasteiger partial charge in [0.25, 0.3) is 0 Å². The Balaban J connectivity index is 2.70. The van der Waals surface area contributed by atoms with Crippen molar-refractivity contribution in [1.29, 1.82) is 0 Å². The van der Waals surface area contributed by atoms with Crippen LogP contribution in [0.3, 0.4) is 0 Å². The maximum Gasteiger partial charge on any atom is 0.119 e. The SMILES string of the molecule is COCCN(CC(N)c1cccc(OC)c1)C(C)COC. The van der Waals surface area contributed by atoms with Crippen LogP contribution in [0.5, 0.6) is 5.75 Å². The second-order valence-electron chi connectivity index (χ2n) is 5.18. The first-order chi connectivity index (χ1) is 10.1. The summed E-state index contributed by atoms with van der Waals surface area (Å²) in [5.74, 6) is 0.830. The van der Waals surface area contributed by atoms with Gasteiger partial charge in [-0.15, -0.1) is 0 Å². The molecule has 1 aromatic carbocycles. The molecule has 5 heteroatoms. The number of methoxy groups -OCH3 is 3. The number of benzene rings is 1. The normalized spacial score (nSPS) is 14.2. The van der Waals surface area contributed by atoms with Gasteiger partial charge in [-0.25, -0.2) is 0 Å². The summed E-state index contributed by atoms with van der Waals surface area (Å²) in [7, 11) is 5.09. The van der Waals surface area contributed by atoms with Crippen LogP contribution in [0.4, 0.5) is 0 Å². The largest absolute Gasteiger partial charge is 0.497 e. The molecule has 2 unspecified atom stereocenters. The highest BCUT2D eigenvalue weighted by atomic mass is 16.5. The Labute approximate surface area is 128 Å². The van der Waals surface area contributed by atoms with Crippen molar-refractivity contribution in [2.45, 2.75) is 19.0 Å². The molecular weight excluding hydrogens is 268 g/mol. The Kier molecular flexibility index (Phi) is 8.30. The molecule has 0 saturated heterocycles. The molecule has 21 heavy (non-hydrogen) atoms. The fourth-order valence-corrected chi connectivity index (χ4v) is 2.28. The number of hydrogen-bond acceptors (Lipinski definition) is 5. The second-order valence-corrected chi connectivity index (χ2v) is 5.18. The fourth-order valence-electron chi connectivity index (χ4n) is 2.28. The summed E-state index contributed by atoms with van der Waals surface area (Å²) in [4.78, 5) is 2.29. The smallest absolute Gasteiger partial charge is 0.119 e. The summed E-state index contributed by atoms with van der Waals surface area (Å²) in [5.41, 5.74) is 7.42. The van der Waals surface area contributed by atoms with Crippen LogP contribution in [0, 0.1) is 0 Å². The zero-order valence-electron chi connectivity index (χ0n) is 13.5. The number of nitrogens with two attached hydrogens (primary N) is 1. The first-order valence-electron chi connectivity index (χ1n) is 7.23. The van der Waals surface area contributed by atoms with Gasteiger partial charge in [0.05, 0.1) is 20.3 Å². The van der Waals surface area contributed by atoms with Crippen LogP contribution < -0.4 is 10.5 Å². The Hall–Kier alpha value is -1.14. The van der Waals surface area contributed by atoms with Gasteiger partial charge in [-0.1, -0.05) is 12.1 Å². The van der Waals surface area contributed by atoms with Gasteiger partial charge >= 0.3 is 0 Å². The van der Waals surface area contributed by atoms with Gasteiger partial charge < -0.3 is 19.9 Å². The van der Waals surface area contributed by atoms with Gasteiger partial charge in [0.15, 0.2) is 0 Å². The number of ether oxygens (including phenoxy) is 3. The van der Waals surface area contributed by atoms with Crippen LogP contribution in [0.25, 0.3) is 0 Å². The van der Waals surface area contributed by atoms with Gasteiger partial charge in [0.2, 0.25) is 0 Å². The van der Waals surface area contributed by atoms with Crippen LogP contribution >= 0.6 is 0 Å². The van der Waals surface area contributed by atoms with Crippen LogP contribution in [0.15, 0.2) is 24.3 Å². The van der Waals surface area contributed by atoms with Gasteiger partial charge in [0, 0.05) is 39.4 Å². The lowest BCUT2D eigenvalue weighted by Crippen LogP contribution is -2.42. The average Bonchev–Trinajstić information content (AvgIpc) is 2.51. The first kappa shape index (κ1) is 17.9. The fraction of sp³-hybridized carbons (Fsp3) is 0.625. The van der Waals surface area contributed by atoms with Crippen molar-refractivity contribution in [3.05, 3.63) is 29.8 Å². The van der Waals surface area contributed by atoms with Gasteiger partial charge in [-0.2, -0.15) is 0 Å². The quantitative estimate of drug-likeness (QED) is 0.712. The number of rotatable bonds is 10. The minimum absolute atomic E-state index is 0.0729. The summed E-state index contributed by atoms with van der Waals surface area (Å²) in [6.07, 6.45) is 0. The molecule has 0 aliphatic rings. The molecule has 2 N–H and O–H groups in total. The Bertz CT molecular complexity index is 401. The lowest BCUT2D eigenvalue weighted by molar-refractivity contribution is 0.0713. The third-order valence-corrected chi connectivity index (χ3v) is 3.57. The summed E-state index contributed by atoms with van der Waals surface area (Å²) < 4.78 is 15.7. The van der Waals surface area contributed by atoms with E-state index >= 15 is 0 Å². The zero-order chi connectivity index (χ0) is 15.7. The average molecular weight is 296 g/mol. The van der Waals surface area contributed by atoms with Crippen molar-refractivity contribution < 1.29 is 14.2 Å². The molecule has 0 aliphatic carbocycles. The molecule has 0 radical (unpaired) electrons. The highest BCUT2D eigenvalue weighted by Crippen LogP contribution is 2.19. The van der Waals surface area contributed by atoms with Gasteiger partial charge in [-0.05, 0) is 24.6 Å².